The van der Waals surface area contributed by atoms with Crippen LogP contribution in [0, 0.1) is 12.7 Å². The number of nitrogens with zero attached hydrogens (tertiary/aromatic N) is 4. The summed E-state index contributed by atoms with van der Waals surface area (Å²) >= 11 is 0. The van der Waals surface area contributed by atoms with Gasteiger partial charge in [-0.05, 0) is 56.5 Å². The fourth-order valence-electron chi connectivity index (χ4n) is 5.63. The Bertz CT molecular complexity index is 1420. The number of nitrogens with one attached hydrogen (secondary N) is 1. The zero-order valence-corrected chi connectivity index (χ0v) is 20.4. The van der Waals surface area contributed by atoms with Crippen molar-refractivity contribution in [2.75, 3.05) is 6.54 Å². The SMILES string of the molecule is Cc1cc(C2CCCN2Cc2ccnc(-c3ccc4c(c3)CN(C3CCC(=O)NC3=O)C4=O)c2F)on1. The Morgan fingerprint density at radius 2 is 2.00 bits per heavy atom. The molecule has 0 spiro atoms. The number of carbonyl (C=O) groups excluding carboxylic acids is 3. The lowest BCUT2D eigenvalue weighted by molar-refractivity contribution is -0.136. The van der Waals surface area contributed by atoms with Crippen LogP contribution in [0.5, 0.6) is 0 Å². The highest BCUT2D eigenvalue weighted by Crippen LogP contribution is 2.35. The fourth-order valence-corrected chi connectivity index (χ4v) is 5.63. The van der Waals surface area contributed by atoms with Crippen LogP contribution in [0.1, 0.15) is 64.7 Å². The molecule has 0 aliphatic carbocycles. The Balaban J connectivity index is 1.24. The molecule has 2 unspecified atom stereocenters. The zero-order chi connectivity index (χ0) is 25.7. The molecule has 37 heavy (non-hydrogen) atoms. The molecule has 6 rings (SSSR count). The Labute approximate surface area is 212 Å². The third kappa shape index (κ3) is 4.21. The van der Waals surface area contributed by atoms with E-state index in [2.05, 4.69) is 20.4 Å². The van der Waals surface area contributed by atoms with E-state index >= 15 is 4.39 Å². The first kappa shape index (κ1) is 23.5. The molecule has 1 aromatic carbocycles. The topological polar surface area (TPSA) is 109 Å². The maximum absolute atomic E-state index is 15.7. The van der Waals surface area contributed by atoms with Crippen molar-refractivity contribution in [1.82, 2.24) is 25.3 Å². The molecule has 9 nitrogen and oxygen atoms in total. The lowest BCUT2D eigenvalue weighted by Crippen LogP contribution is -2.52. The van der Waals surface area contributed by atoms with Crippen molar-refractivity contribution in [3.05, 3.63) is 70.5 Å². The lowest BCUT2D eigenvalue weighted by atomic mass is 10.0. The van der Waals surface area contributed by atoms with Gasteiger partial charge >= 0.3 is 0 Å². The number of pyridine rings is 1. The first-order valence-corrected chi connectivity index (χ1v) is 12.5. The highest BCUT2D eigenvalue weighted by molar-refractivity contribution is 6.05. The Morgan fingerprint density at radius 3 is 2.78 bits per heavy atom. The molecule has 2 fully saturated rings. The fraction of sp³-hybridized carbons (Fsp3) is 0.370. The molecule has 3 amide bonds. The van der Waals surface area contributed by atoms with Crippen LogP contribution < -0.4 is 5.32 Å². The van der Waals surface area contributed by atoms with Crippen LogP contribution in [0.2, 0.25) is 0 Å². The summed E-state index contributed by atoms with van der Waals surface area (Å²) in [6, 6.07) is 8.11. The number of hydrogen-bond donors (Lipinski definition) is 1. The number of benzene rings is 1. The van der Waals surface area contributed by atoms with E-state index < -0.39 is 17.8 Å². The van der Waals surface area contributed by atoms with E-state index in [1.165, 1.54) is 4.90 Å². The largest absolute Gasteiger partial charge is 0.359 e. The first-order chi connectivity index (χ1) is 17.9. The molecule has 2 aromatic heterocycles. The summed E-state index contributed by atoms with van der Waals surface area (Å²) in [7, 11) is 0. The molecule has 0 saturated carbocycles. The van der Waals surface area contributed by atoms with Crippen molar-refractivity contribution in [1.29, 1.82) is 0 Å². The summed E-state index contributed by atoms with van der Waals surface area (Å²) in [4.78, 5) is 44.8. The van der Waals surface area contributed by atoms with Gasteiger partial charge in [-0.25, -0.2) is 4.39 Å². The van der Waals surface area contributed by atoms with Gasteiger partial charge in [-0.1, -0.05) is 11.2 Å². The number of likely N-dealkylation sites (tertiary alicyclic amines) is 1. The second-order valence-electron chi connectivity index (χ2n) is 9.90. The number of amides is 3. The van der Waals surface area contributed by atoms with E-state index in [4.69, 9.17) is 4.52 Å². The van der Waals surface area contributed by atoms with Crippen LogP contribution in [0.25, 0.3) is 11.3 Å². The number of aromatic nitrogens is 2. The van der Waals surface area contributed by atoms with E-state index in [1.807, 2.05) is 13.0 Å². The highest BCUT2D eigenvalue weighted by Gasteiger charge is 2.39. The van der Waals surface area contributed by atoms with Crippen molar-refractivity contribution < 1.29 is 23.3 Å². The van der Waals surface area contributed by atoms with Crippen molar-refractivity contribution in [2.45, 2.75) is 57.8 Å². The summed E-state index contributed by atoms with van der Waals surface area (Å²) < 4.78 is 21.2. The van der Waals surface area contributed by atoms with Crippen molar-refractivity contribution in [3.63, 3.8) is 0 Å². The smallest absolute Gasteiger partial charge is 0.255 e. The molecular weight excluding hydrogens is 477 g/mol. The molecule has 2 saturated heterocycles. The van der Waals surface area contributed by atoms with Crippen LogP contribution in [-0.2, 0) is 22.7 Å². The number of fused-ring (bicyclic) bond motifs is 1. The summed E-state index contributed by atoms with van der Waals surface area (Å²) in [5.41, 5.74) is 3.34. The quantitative estimate of drug-likeness (QED) is 0.532. The predicted octanol–water partition coefficient (Wildman–Crippen LogP) is 3.28. The average molecular weight is 504 g/mol. The van der Waals surface area contributed by atoms with E-state index in [9.17, 15) is 14.4 Å². The molecule has 1 N–H and O–H groups in total. The Hall–Kier alpha value is -3.92. The molecule has 5 heterocycles. The third-order valence-electron chi connectivity index (χ3n) is 7.48. The number of carbonyl (C=O) groups is 3. The maximum Gasteiger partial charge on any atom is 0.255 e. The van der Waals surface area contributed by atoms with Gasteiger partial charge in [0.05, 0.1) is 11.7 Å². The minimum atomic E-state index is -0.694. The number of rotatable bonds is 5. The summed E-state index contributed by atoms with van der Waals surface area (Å²) in [5, 5.41) is 6.30. The van der Waals surface area contributed by atoms with E-state index in [0.717, 1.165) is 30.8 Å². The van der Waals surface area contributed by atoms with Crippen LogP contribution in [0.15, 0.2) is 41.1 Å². The summed E-state index contributed by atoms with van der Waals surface area (Å²) in [6.45, 7) is 3.36. The average Bonchev–Trinajstić information content (AvgIpc) is 3.59. The second-order valence-corrected chi connectivity index (χ2v) is 9.90. The normalized spacial score (nSPS) is 22.0. The standard InChI is InChI=1S/C27H26FN5O4/c1-15-11-22(37-31-15)20-3-2-10-32(20)13-17-8-9-29-25(24(17)28)16-4-5-19-18(12-16)14-33(27(19)36)21-6-7-23(34)30-26(21)35/h4-5,8-9,11-12,20-21H,2-3,6-7,10,13-14H2,1H3,(H,30,34,35). The summed E-state index contributed by atoms with van der Waals surface area (Å²) in [5.74, 6) is -0.647. The van der Waals surface area contributed by atoms with Crippen LogP contribution in [0.4, 0.5) is 4.39 Å². The van der Waals surface area contributed by atoms with Crippen LogP contribution >= 0.6 is 0 Å². The van der Waals surface area contributed by atoms with E-state index in [1.54, 1.807) is 30.5 Å². The molecule has 3 aromatic rings. The molecular formula is C27H26FN5O4. The van der Waals surface area contributed by atoms with Crippen molar-refractivity contribution in [2.24, 2.45) is 0 Å². The molecule has 3 aliphatic heterocycles. The van der Waals surface area contributed by atoms with Gasteiger partial charge in [0.1, 0.15) is 11.7 Å². The van der Waals surface area contributed by atoms with Gasteiger partial charge in [0.25, 0.3) is 5.91 Å². The van der Waals surface area contributed by atoms with Gasteiger partial charge in [0.15, 0.2) is 11.6 Å². The molecule has 2 atom stereocenters. The number of hydrogen-bond acceptors (Lipinski definition) is 7. The van der Waals surface area contributed by atoms with Crippen LogP contribution in [-0.4, -0.2) is 50.2 Å². The predicted molar refractivity (Wildman–Crippen MR) is 129 cm³/mol. The highest BCUT2D eigenvalue weighted by atomic mass is 19.1. The number of imide groups is 1. The zero-order valence-electron chi connectivity index (χ0n) is 20.4. The van der Waals surface area contributed by atoms with Gasteiger partial charge in [0, 0.05) is 48.5 Å². The Kier molecular flexibility index (Phi) is 5.83. The van der Waals surface area contributed by atoms with Crippen LogP contribution in [0.3, 0.4) is 0 Å². The molecule has 190 valence electrons. The maximum atomic E-state index is 15.7. The van der Waals surface area contributed by atoms with E-state index in [0.29, 0.717) is 35.2 Å². The van der Waals surface area contributed by atoms with Crippen molar-refractivity contribution >= 4 is 17.7 Å². The number of halogens is 1. The second kappa shape index (κ2) is 9.19. The minimum Gasteiger partial charge on any atom is -0.359 e. The van der Waals surface area contributed by atoms with Gasteiger partial charge in [-0.15, -0.1) is 0 Å². The van der Waals surface area contributed by atoms with Crippen molar-refractivity contribution in [3.8, 4) is 11.3 Å². The molecule has 10 heteroatoms. The lowest BCUT2D eigenvalue weighted by Gasteiger charge is -2.29. The third-order valence-corrected chi connectivity index (χ3v) is 7.48. The molecule has 0 bridgehead atoms. The summed E-state index contributed by atoms with van der Waals surface area (Å²) in [6.07, 6.45) is 4.01. The number of aryl methyl sites for hydroxylation is 1. The van der Waals surface area contributed by atoms with E-state index in [-0.39, 0.29) is 36.5 Å². The monoisotopic (exact) mass is 503 g/mol. The molecule has 3 aliphatic rings. The molecule has 0 radical (unpaired) electrons. The van der Waals surface area contributed by atoms with Gasteiger partial charge in [-0.3, -0.25) is 29.6 Å². The van der Waals surface area contributed by atoms with Gasteiger partial charge < -0.3 is 9.42 Å². The van der Waals surface area contributed by atoms with Gasteiger partial charge in [0.2, 0.25) is 11.8 Å². The number of piperidine rings is 1. The first-order valence-electron chi connectivity index (χ1n) is 12.5. The Morgan fingerprint density at radius 1 is 1.14 bits per heavy atom. The minimum absolute atomic E-state index is 0.0569. The van der Waals surface area contributed by atoms with Gasteiger partial charge in [-0.2, -0.15) is 0 Å².